The van der Waals surface area contributed by atoms with Crippen LogP contribution in [-0.2, 0) is 0 Å². The lowest BCUT2D eigenvalue weighted by Gasteiger charge is -2.19. The van der Waals surface area contributed by atoms with Crippen LogP contribution in [0.15, 0.2) is 48.5 Å². The first-order valence-electron chi connectivity index (χ1n) is 10.9. The van der Waals surface area contributed by atoms with E-state index in [2.05, 4.69) is 6.92 Å². The predicted octanol–water partition coefficient (Wildman–Crippen LogP) is 6.18. The SMILES string of the molecule is CCCCCCCCCCOc1ccc(N(C)C(=O)c2ccccc2C(=O)O)cc1. The van der Waals surface area contributed by atoms with Crippen molar-refractivity contribution in [1.29, 1.82) is 0 Å². The smallest absolute Gasteiger partial charge is 0.336 e. The summed E-state index contributed by atoms with van der Waals surface area (Å²) in [5, 5.41) is 9.30. The summed E-state index contributed by atoms with van der Waals surface area (Å²) in [6.07, 6.45) is 10.1. The summed E-state index contributed by atoms with van der Waals surface area (Å²) in [5.41, 5.74) is 0.849. The van der Waals surface area contributed by atoms with Crippen LogP contribution < -0.4 is 9.64 Å². The Morgan fingerprint density at radius 2 is 1.40 bits per heavy atom. The summed E-state index contributed by atoms with van der Waals surface area (Å²) in [6, 6.07) is 13.5. The van der Waals surface area contributed by atoms with E-state index < -0.39 is 5.97 Å². The molecule has 0 saturated heterocycles. The van der Waals surface area contributed by atoms with Gasteiger partial charge in [0.05, 0.1) is 17.7 Å². The van der Waals surface area contributed by atoms with Crippen molar-refractivity contribution in [2.45, 2.75) is 58.3 Å². The molecule has 0 unspecified atom stereocenters. The van der Waals surface area contributed by atoms with Crippen LogP contribution in [0.5, 0.6) is 5.75 Å². The zero-order valence-corrected chi connectivity index (χ0v) is 18.1. The van der Waals surface area contributed by atoms with Crippen molar-refractivity contribution in [1.82, 2.24) is 0 Å². The highest BCUT2D eigenvalue weighted by Crippen LogP contribution is 2.22. The molecule has 5 heteroatoms. The van der Waals surface area contributed by atoms with Gasteiger partial charge < -0.3 is 14.7 Å². The number of carbonyl (C=O) groups excluding carboxylic acids is 1. The predicted molar refractivity (Wildman–Crippen MR) is 121 cm³/mol. The maximum Gasteiger partial charge on any atom is 0.336 e. The Labute approximate surface area is 179 Å². The van der Waals surface area contributed by atoms with Gasteiger partial charge in [0.2, 0.25) is 0 Å². The van der Waals surface area contributed by atoms with Gasteiger partial charge in [-0.05, 0) is 42.8 Å². The number of hydrogen-bond donors (Lipinski definition) is 1. The van der Waals surface area contributed by atoms with Gasteiger partial charge in [-0.3, -0.25) is 4.79 Å². The Kier molecular flexibility index (Phi) is 9.92. The average Bonchev–Trinajstić information content (AvgIpc) is 2.77. The van der Waals surface area contributed by atoms with E-state index in [1.165, 1.54) is 62.0 Å². The van der Waals surface area contributed by atoms with Gasteiger partial charge in [-0.2, -0.15) is 0 Å². The van der Waals surface area contributed by atoms with Crippen LogP contribution in [0.3, 0.4) is 0 Å². The molecular weight excluding hydrogens is 378 g/mol. The fourth-order valence-corrected chi connectivity index (χ4v) is 3.35. The third-order valence-corrected chi connectivity index (χ3v) is 5.18. The molecule has 2 aromatic rings. The molecule has 162 valence electrons. The van der Waals surface area contributed by atoms with Gasteiger partial charge in [0.15, 0.2) is 0 Å². The third kappa shape index (κ3) is 7.21. The summed E-state index contributed by atoms with van der Waals surface area (Å²) in [5.74, 6) is -0.703. The summed E-state index contributed by atoms with van der Waals surface area (Å²) in [7, 11) is 1.64. The van der Waals surface area contributed by atoms with Crippen molar-refractivity contribution in [3.8, 4) is 5.75 Å². The molecule has 2 aromatic carbocycles. The lowest BCUT2D eigenvalue weighted by Crippen LogP contribution is -2.27. The third-order valence-electron chi connectivity index (χ3n) is 5.18. The largest absolute Gasteiger partial charge is 0.494 e. The Morgan fingerprint density at radius 3 is 2.00 bits per heavy atom. The van der Waals surface area contributed by atoms with Crippen molar-refractivity contribution in [3.05, 3.63) is 59.7 Å². The number of anilines is 1. The average molecular weight is 412 g/mol. The molecule has 0 bridgehead atoms. The van der Waals surface area contributed by atoms with Crippen LogP contribution in [0.4, 0.5) is 5.69 Å². The summed E-state index contributed by atoms with van der Waals surface area (Å²) in [6.45, 7) is 2.92. The number of hydrogen-bond acceptors (Lipinski definition) is 3. The molecule has 0 heterocycles. The van der Waals surface area contributed by atoms with Crippen molar-refractivity contribution in [3.63, 3.8) is 0 Å². The Morgan fingerprint density at radius 1 is 0.833 bits per heavy atom. The van der Waals surface area contributed by atoms with Crippen LogP contribution in [-0.4, -0.2) is 30.6 Å². The number of carboxylic acids is 1. The molecule has 2 rings (SSSR count). The minimum Gasteiger partial charge on any atom is -0.494 e. The second kappa shape index (κ2) is 12.7. The van der Waals surface area contributed by atoms with Gasteiger partial charge in [0.1, 0.15) is 5.75 Å². The molecule has 0 fully saturated rings. The fourth-order valence-electron chi connectivity index (χ4n) is 3.35. The van der Waals surface area contributed by atoms with E-state index in [0.29, 0.717) is 12.3 Å². The highest BCUT2D eigenvalue weighted by Gasteiger charge is 2.20. The highest BCUT2D eigenvalue weighted by atomic mass is 16.5. The van der Waals surface area contributed by atoms with Crippen LogP contribution in [0.1, 0.15) is 79.0 Å². The van der Waals surface area contributed by atoms with Crippen molar-refractivity contribution < 1.29 is 19.4 Å². The van der Waals surface area contributed by atoms with Crippen LogP contribution in [0.25, 0.3) is 0 Å². The van der Waals surface area contributed by atoms with Gasteiger partial charge in [-0.1, -0.05) is 64.0 Å². The van der Waals surface area contributed by atoms with Crippen LogP contribution in [0, 0.1) is 0 Å². The molecule has 0 aliphatic rings. The van der Waals surface area contributed by atoms with Crippen LogP contribution >= 0.6 is 0 Å². The molecule has 0 aliphatic heterocycles. The summed E-state index contributed by atoms with van der Waals surface area (Å²) < 4.78 is 5.80. The van der Waals surface area contributed by atoms with Gasteiger partial charge in [-0.15, -0.1) is 0 Å². The molecule has 5 nitrogen and oxygen atoms in total. The van der Waals surface area contributed by atoms with Crippen LogP contribution in [0.2, 0.25) is 0 Å². The molecule has 0 aromatic heterocycles. The molecule has 1 N–H and O–H groups in total. The second-order valence-electron chi connectivity index (χ2n) is 7.53. The van der Waals surface area contributed by atoms with E-state index in [1.54, 1.807) is 19.2 Å². The standard InChI is InChI=1S/C25H33NO4/c1-3-4-5-6-7-8-9-12-19-30-21-17-15-20(16-18-21)26(2)24(27)22-13-10-11-14-23(22)25(28)29/h10-11,13-18H,3-9,12,19H2,1-2H3,(H,28,29). The molecule has 0 aliphatic carbocycles. The molecular formula is C25H33NO4. The van der Waals surface area contributed by atoms with E-state index in [0.717, 1.165) is 12.2 Å². The molecule has 1 amide bonds. The molecule has 0 saturated carbocycles. The van der Waals surface area contributed by atoms with Crippen molar-refractivity contribution >= 4 is 17.6 Å². The zero-order chi connectivity index (χ0) is 21.8. The van der Waals surface area contributed by atoms with Gasteiger partial charge >= 0.3 is 5.97 Å². The van der Waals surface area contributed by atoms with Gasteiger partial charge in [-0.25, -0.2) is 4.79 Å². The van der Waals surface area contributed by atoms with E-state index >= 15 is 0 Å². The minimum atomic E-state index is -1.11. The van der Waals surface area contributed by atoms with E-state index in [-0.39, 0.29) is 17.0 Å². The number of aromatic carboxylic acids is 1. The Balaban J connectivity index is 1.80. The maximum atomic E-state index is 12.7. The second-order valence-corrected chi connectivity index (χ2v) is 7.53. The molecule has 30 heavy (non-hydrogen) atoms. The normalized spacial score (nSPS) is 10.6. The molecule has 0 atom stereocenters. The van der Waals surface area contributed by atoms with Gasteiger partial charge in [0.25, 0.3) is 5.91 Å². The van der Waals surface area contributed by atoms with Gasteiger partial charge in [0, 0.05) is 12.7 Å². The monoisotopic (exact) mass is 411 g/mol. The molecule has 0 radical (unpaired) electrons. The minimum absolute atomic E-state index is 0.000308. The quantitative estimate of drug-likeness (QED) is 0.400. The van der Waals surface area contributed by atoms with Crippen molar-refractivity contribution in [2.24, 2.45) is 0 Å². The number of unbranched alkanes of at least 4 members (excludes halogenated alkanes) is 7. The Bertz CT molecular complexity index is 801. The number of carbonyl (C=O) groups is 2. The summed E-state index contributed by atoms with van der Waals surface area (Å²) >= 11 is 0. The van der Waals surface area contributed by atoms with E-state index in [4.69, 9.17) is 4.74 Å². The van der Waals surface area contributed by atoms with Crippen molar-refractivity contribution in [2.75, 3.05) is 18.6 Å². The number of nitrogens with zero attached hydrogens (tertiary/aromatic N) is 1. The Hall–Kier alpha value is -2.82. The zero-order valence-electron chi connectivity index (χ0n) is 18.1. The fraction of sp³-hybridized carbons (Fsp3) is 0.440. The molecule has 0 spiro atoms. The first-order chi connectivity index (χ1) is 14.5. The number of carboxylic acid groups (broad SMARTS) is 1. The number of benzene rings is 2. The highest BCUT2D eigenvalue weighted by molar-refractivity contribution is 6.11. The number of amides is 1. The topological polar surface area (TPSA) is 66.8 Å². The van der Waals surface area contributed by atoms with E-state index in [9.17, 15) is 14.7 Å². The first kappa shape index (κ1) is 23.5. The van der Waals surface area contributed by atoms with E-state index in [1.807, 2.05) is 24.3 Å². The lowest BCUT2D eigenvalue weighted by atomic mass is 10.1. The lowest BCUT2D eigenvalue weighted by molar-refractivity contribution is 0.0692. The first-order valence-corrected chi connectivity index (χ1v) is 10.9. The number of rotatable bonds is 13. The summed E-state index contributed by atoms with van der Waals surface area (Å²) in [4.78, 5) is 25.6. The maximum absolute atomic E-state index is 12.7. The number of ether oxygens (including phenoxy) is 1.